The van der Waals surface area contributed by atoms with Crippen LogP contribution in [0.5, 0.6) is 0 Å². The molecule has 0 fully saturated rings. The molecule has 0 saturated heterocycles. The molecule has 0 atom stereocenters. The molecule has 0 aliphatic carbocycles. The highest BCUT2D eigenvalue weighted by Crippen LogP contribution is 1.98. The summed E-state index contributed by atoms with van der Waals surface area (Å²) >= 11 is 0. The van der Waals surface area contributed by atoms with Crippen LogP contribution in [0.25, 0.3) is 0 Å². The molecule has 2 N–H and O–H groups in total. The lowest BCUT2D eigenvalue weighted by Crippen LogP contribution is -2.17. The Balaban J connectivity index is 3.39. The van der Waals surface area contributed by atoms with E-state index in [0.29, 0.717) is 0 Å². The molecule has 0 aromatic carbocycles. The van der Waals surface area contributed by atoms with E-state index in [1.54, 1.807) is 13.8 Å². The summed E-state index contributed by atoms with van der Waals surface area (Å²) < 4.78 is 4.38. The zero-order valence-electron chi connectivity index (χ0n) is 6.79. The van der Waals surface area contributed by atoms with Crippen LogP contribution in [-0.4, -0.2) is 18.5 Å². The highest BCUT2D eigenvalue weighted by Gasteiger charge is 2.06. The van der Waals surface area contributed by atoms with Gasteiger partial charge in [0.25, 0.3) is 0 Å². The molecule has 0 bridgehead atoms. The molecule has 0 radical (unpaired) electrons. The average Bonchev–Trinajstić information content (AvgIpc) is 1.86. The van der Waals surface area contributed by atoms with Crippen molar-refractivity contribution in [3.05, 3.63) is 0 Å². The van der Waals surface area contributed by atoms with E-state index in [2.05, 4.69) is 10.5 Å². The lowest BCUT2D eigenvalue weighted by molar-refractivity contribution is -0.122. The van der Waals surface area contributed by atoms with E-state index in [4.69, 9.17) is 0 Å². The molecule has 4 heteroatoms. The zero-order chi connectivity index (χ0) is 8.85. The van der Waals surface area contributed by atoms with Crippen LogP contribution in [0.2, 0.25) is 0 Å². The first kappa shape index (κ1) is 9.94. The molecule has 1 amide bonds. The highest BCUT2D eigenvalue weighted by atomic mass is 16.5. The standard InChI is InChI=1S/C7H13NO3/c1-5(2)6(9)3-4-11-7(8)10/h5H,3-4H2,1-2H3,(H2,8,10). The van der Waals surface area contributed by atoms with Gasteiger partial charge < -0.3 is 10.5 Å². The molecule has 0 aliphatic rings. The highest BCUT2D eigenvalue weighted by molar-refractivity contribution is 5.80. The lowest BCUT2D eigenvalue weighted by atomic mass is 10.1. The van der Waals surface area contributed by atoms with Crippen molar-refractivity contribution in [1.29, 1.82) is 0 Å². The molecule has 0 unspecified atom stereocenters. The molecule has 0 rings (SSSR count). The van der Waals surface area contributed by atoms with Crippen molar-refractivity contribution in [1.82, 2.24) is 0 Å². The van der Waals surface area contributed by atoms with Crippen LogP contribution in [0.3, 0.4) is 0 Å². The van der Waals surface area contributed by atoms with Gasteiger partial charge in [-0.1, -0.05) is 13.8 Å². The second kappa shape index (κ2) is 4.71. The van der Waals surface area contributed by atoms with E-state index in [1.807, 2.05) is 0 Å². The van der Waals surface area contributed by atoms with Crippen LogP contribution >= 0.6 is 0 Å². The molecule has 0 aliphatic heterocycles. The summed E-state index contributed by atoms with van der Waals surface area (Å²) in [6.07, 6.45) is -0.581. The number of rotatable bonds is 4. The summed E-state index contributed by atoms with van der Waals surface area (Å²) in [6.45, 7) is 3.69. The van der Waals surface area contributed by atoms with Gasteiger partial charge in [0.15, 0.2) is 0 Å². The maximum Gasteiger partial charge on any atom is 0.404 e. The molecule has 4 nitrogen and oxygen atoms in total. The van der Waals surface area contributed by atoms with E-state index in [-0.39, 0.29) is 24.7 Å². The fourth-order valence-corrected chi connectivity index (χ4v) is 0.541. The number of ketones is 1. The predicted molar refractivity (Wildman–Crippen MR) is 40.0 cm³/mol. The Morgan fingerprint density at radius 3 is 2.36 bits per heavy atom. The second-order valence-electron chi connectivity index (χ2n) is 2.54. The van der Waals surface area contributed by atoms with Gasteiger partial charge in [-0.3, -0.25) is 4.79 Å². The Kier molecular flexibility index (Phi) is 4.26. The van der Waals surface area contributed by atoms with Gasteiger partial charge in [0, 0.05) is 12.3 Å². The summed E-state index contributed by atoms with van der Waals surface area (Å²) in [5.74, 6) is 0.0673. The topological polar surface area (TPSA) is 69.4 Å². The Morgan fingerprint density at radius 1 is 1.45 bits per heavy atom. The van der Waals surface area contributed by atoms with Gasteiger partial charge >= 0.3 is 6.09 Å². The molecular weight excluding hydrogens is 146 g/mol. The van der Waals surface area contributed by atoms with E-state index in [0.717, 1.165) is 0 Å². The van der Waals surface area contributed by atoms with Crippen LogP contribution in [0.4, 0.5) is 4.79 Å². The maximum absolute atomic E-state index is 10.9. The number of amides is 1. The molecule has 0 saturated carbocycles. The number of carbonyl (C=O) groups excluding carboxylic acids is 2. The number of nitrogens with two attached hydrogens (primary N) is 1. The van der Waals surface area contributed by atoms with E-state index < -0.39 is 6.09 Å². The largest absolute Gasteiger partial charge is 0.449 e. The van der Waals surface area contributed by atoms with E-state index in [9.17, 15) is 9.59 Å². The molecule has 0 spiro atoms. The van der Waals surface area contributed by atoms with Crippen molar-refractivity contribution in [2.24, 2.45) is 11.7 Å². The number of ether oxygens (including phenoxy) is 1. The SMILES string of the molecule is CC(C)C(=O)CCOC(N)=O. The zero-order valence-corrected chi connectivity index (χ0v) is 6.79. The summed E-state index contributed by atoms with van der Waals surface area (Å²) in [5.41, 5.74) is 4.68. The fraction of sp³-hybridized carbons (Fsp3) is 0.714. The van der Waals surface area contributed by atoms with Crippen LogP contribution in [0, 0.1) is 5.92 Å². The van der Waals surface area contributed by atoms with Crippen LogP contribution < -0.4 is 5.73 Å². The first-order valence-electron chi connectivity index (χ1n) is 3.49. The smallest absolute Gasteiger partial charge is 0.404 e. The first-order valence-corrected chi connectivity index (χ1v) is 3.49. The molecule has 0 heterocycles. The summed E-state index contributed by atoms with van der Waals surface area (Å²) in [4.78, 5) is 20.9. The minimum absolute atomic E-state index is 0.00789. The van der Waals surface area contributed by atoms with Crippen LogP contribution in [0.1, 0.15) is 20.3 Å². The number of Topliss-reactive ketones (excluding diaryl/α,β-unsaturated/α-hetero) is 1. The monoisotopic (exact) mass is 159 g/mol. The van der Waals surface area contributed by atoms with Gasteiger partial charge in [0.1, 0.15) is 12.4 Å². The molecule has 0 aromatic heterocycles. The lowest BCUT2D eigenvalue weighted by Gasteiger charge is -2.02. The summed E-state index contributed by atoms with van der Waals surface area (Å²) in [7, 11) is 0. The van der Waals surface area contributed by atoms with Gasteiger partial charge in [-0.15, -0.1) is 0 Å². The Bertz CT molecular complexity index is 154. The van der Waals surface area contributed by atoms with Gasteiger partial charge in [0.2, 0.25) is 0 Å². The molecule has 64 valence electrons. The normalized spacial score (nSPS) is 9.73. The third-order valence-electron chi connectivity index (χ3n) is 1.24. The van der Waals surface area contributed by atoms with Gasteiger partial charge in [-0.2, -0.15) is 0 Å². The maximum atomic E-state index is 10.9. The molecule has 0 aromatic rings. The molecular formula is C7H13NO3. The Labute approximate surface area is 65.7 Å². The third kappa shape index (κ3) is 5.39. The third-order valence-corrected chi connectivity index (χ3v) is 1.24. The second-order valence-corrected chi connectivity index (χ2v) is 2.54. The first-order chi connectivity index (χ1) is 5.04. The number of hydrogen-bond donors (Lipinski definition) is 1. The quantitative estimate of drug-likeness (QED) is 0.656. The fourth-order valence-electron chi connectivity index (χ4n) is 0.541. The van der Waals surface area contributed by atoms with Crippen molar-refractivity contribution in [3.8, 4) is 0 Å². The van der Waals surface area contributed by atoms with Crippen molar-refractivity contribution in [3.63, 3.8) is 0 Å². The van der Waals surface area contributed by atoms with Crippen LogP contribution in [0.15, 0.2) is 0 Å². The van der Waals surface area contributed by atoms with E-state index in [1.165, 1.54) is 0 Å². The Morgan fingerprint density at radius 2 is 2.00 bits per heavy atom. The van der Waals surface area contributed by atoms with Gasteiger partial charge in [-0.05, 0) is 0 Å². The van der Waals surface area contributed by atoms with Crippen molar-refractivity contribution >= 4 is 11.9 Å². The van der Waals surface area contributed by atoms with Crippen LogP contribution in [-0.2, 0) is 9.53 Å². The average molecular weight is 159 g/mol. The van der Waals surface area contributed by atoms with Gasteiger partial charge in [-0.25, -0.2) is 4.79 Å². The van der Waals surface area contributed by atoms with Gasteiger partial charge in [0.05, 0.1) is 0 Å². The Hall–Kier alpha value is -1.06. The predicted octanol–water partition coefficient (Wildman–Crippen LogP) is 0.697. The van der Waals surface area contributed by atoms with Crippen molar-refractivity contribution < 1.29 is 14.3 Å². The molecule has 11 heavy (non-hydrogen) atoms. The minimum atomic E-state index is -0.832. The van der Waals surface area contributed by atoms with Crippen molar-refractivity contribution in [2.75, 3.05) is 6.61 Å². The number of hydrogen-bond acceptors (Lipinski definition) is 3. The van der Waals surface area contributed by atoms with E-state index >= 15 is 0 Å². The number of carbonyl (C=O) groups is 2. The number of primary amides is 1. The summed E-state index contributed by atoms with van der Waals surface area (Å²) in [5, 5.41) is 0. The summed E-state index contributed by atoms with van der Waals surface area (Å²) in [6, 6.07) is 0. The minimum Gasteiger partial charge on any atom is -0.449 e. The van der Waals surface area contributed by atoms with Crippen molar-refractivity contribution in [2.45, 2.75) is 20.3 Å².